The Balaban J connectivity index is 0.00000280. The van der Waals surface area contributed by atoms with Gasteiger partial charge in [-0.15, -0.1) is 52.1 Å². The van der Waals surface area contributed by atoms with Crippen molar-refractivity contribution >= 4 is 51.4 Å². The van der Waals surface area contributed by atoms with Crippen molar-refractivity contribution in [2.24, 2.45) is 12.0 Å². The van der Waals surface area contributed by atoms with Crippen LogP contribution in [0, 0.1) is 6.92 Å². The van der Waals surface area contributed by atoms with E-state index in [1.54, 1.807) is 17.4 Å². The number of aliphatic imine (C=N–C) groups is 1. The first kappa shape index (κ1) is 22.3. The molecule has 0 aliphatic heterocycles. The minimum atomic E-state index is -0.616. The van der Waals surface area contributed by atoms with Gasteiger partial charge in [0.1, 0.15) is 18.5 Å². The van der Waals surface area contributed by atoms with Crippen LogP contribution in [-0.2, 0) is 13.6 Å². The fraction of sp³-hybridized carbons (Fsp3) is 0.316. The zero-order valence-corrected chi connectivity index (χ0v) is 19.1. The summed E-state index contributed by atoms with van der Waals surface area (Å²) in [5.74, 6) is 2.21. The van der Waals surface area contributed by atoms with Gasteiger partial charge in [-0.25, -0.2) is 4.99 Å². The number of thiophene rings is 1. The van der Waals surface area contributed by atoms with Crippen molar-refractivity contribution < 1.29 is 5.11 Å². The highest BCUT2D eigenvalue weighted by atomic mass is 127. The van der Waals surface area contributed by atoms with Crippen molar-refractivity contribution in [2.75, 3.05) is 13.1 Å². The van der Waals surface area contributed by atoms with Crippen LogP contribution < -0.4 is 10.6 Å². The van der Waals surface area contributed by atoms with Crippen LogP contribution in [0.4, 0.5) is 0 Å². The number of halogens is 1. The van der Waals surface area contributed by atoms with Gasteiger partial charge in [-0.05, 0) is 24.4 Å². The number of rotatable bonds is 7. The van der Waals surface area contributed by atoms with Gasteiger partial charge in [0, 0.05) is 29.7 Å². The van der Waals surface area contributed by atoms with Gasteiger partial charge in [-0.2, -0.15) is 0 Å². The van der Waals surface area contributed by atoms with Crippen LogP contribution in [0.25, 0.3) is 10.1 Å². The third kappa shape index (κ3) is 5.52. The first-order valence-corrected chi connectivity index (χ1v) is 9.54. The molecule has 1 atom stereocenters. The Labute approximate surface area is 185 Å². The summed E-state index contributed by atoms with van der Waals surface area (Å²) in [5.41, 5.74) is 0. The Hall–Kier alpha value is -1.98. The average molecular weight is 512 g/mol. The van der Waals surface area contributed by atoms with Gasteiger partial charge in [0.2, 0.25) is 0 Å². The number of fused-ring (bicyclic) bond motifs is 1. The Kier molecular flexibility index (Phi) is 8.39. The van der Waals surface area contributed by atoms with Crippen LogP contribution in [0.2, 0.25) is 0 Å². The Morgan fingerprint density at radius 2 is 2.14 bits per heavy atom. The van der Waals surface area contributed by atoms with E-state index in [1.807, 2.05) is 36.7 Å². The summed E-state index contributed by atoms with van der Waals surface area (Å²) in [4.78, 5) is 5.46. The minimum Gasteiger partial charge on any atom is -0.386 e. The number of nitrogens with one attached hydrogen (secondary N) is 2. The maximum Gasteiger partial charge on any atom is 0.192 e. The van der Waals surface area contributed by atoms with E-state index >= 15 is 0 Å². The first-order chi connectivity index (χ1) is 13.1. The normalized spacial score (nSPS) is 12.5. The number of guanidine groups is 1. The molecule has 0 fully saturated rings. The lowest BCUT2D eigenvalue weighted by molar-refractivity contribution is 0.184. The predicted molar refractivity (Wildman–Crippen MR) is 125 cm³/mol. The number of hydrogen-bond acceptors (Lipinski definition) is 5. The second kappa shape index (κ2) is 10.5. The minimum absolute atomic E-state index is 0. The molecule has 28 heavy (non-hydrogen) atoms. The van der Waals surface area contributed by atoms with Gasteiger partial charge in [-0.3, -0.25) is 0 Å². The maximum atomic E-state index is 10.5. The van der Waals surface area contributed by atoms with E-state index in [2.05, 4.69) is 44.5 Å². The monoisotopic (exact) mass is 512 g/mol. The molecule has 1 unspecified atom stereocenters. The van der Waals surface area contributed by atoms with Crippen molar-refractivity contribution in [3.05, 3.63) is 59.5 Å². The molecule has 2 aromatic heterocycles. The third-order valence-electron chi connectivity index (χ3n) is 4.21. The number of aliphatic hydroxyl groups is 1. The molecular formula is C19H25IN6OS. The van der Waals surface area contributed by atoms with Gasteiger partial charge in [0.25, 0.3) is 0 Å². The zero-order valence-electron chi connectivity index (χ0n) is 15.9. The highest BCUT2D eigenvalue weighted by Gasteiger charge is 2.12. The van der Waals surface area contributed by atoms with Crippen molar-refractivity contribution in [1.29, 1.82) is 0 Å². The average Bonchev–Trinajstić information content (AvgIpc) is 3.25. The van der Waals surface area contributed by atoms with E-state index in [0.717, 1.165) is 21.9 Å². The molecule has 2 heterocycles. The van der Waals surface area contributed by atoms with Gasteiger partial charge in [0.15, 0.2) is 11.8 Å². The molecule has 1 aromatic carbocycles. The molecular weight excluding hydrogens is 487 g/mol. The number of nitrogens with zero attached hydrogens (tertiary/aromatic N) is 4. The number of benzene rings is 1. The smallest absolute Gasteiger partial charge is 0.192 e. The predicted octanol–water partition coefficient (Wildman–Crippen LogP) is 2.91. The van der Waals surface area contributed by atoms with Gasteiger partial charge >= 0.3 is 0 Å². The van der Waals surface area contributed by atoms with E-state index < -0.39 is 6.10 Å². The highest BCUT2D eigenvalue weighted by molar-refractivity contribution is 14.0. The zero-order chi connectivity index (χ0) is 19.2. The third-order valence-corrected chi connectivity index (χ3v) is 5.43. The molecule has 150 valence electrons. The molecule has 9 heteroatoms. The second-order valence-electron chi connectivity index (χ2n) is 6.14. The van der Waals surface area contributed by atoms with Crippen molar-refractivity contribution in [3.63, 3.8) is 0 Å². The molecule has 0 aliphatic carbocycles. The summed E-state index contributed by atoms with van der Waals surface area (Å²) < 4.78 is 3.07. The molecule has 0 saturated carbocycles. The van der Waals surface area contributed by atoms with Crippen molar-refractivity contribution in [3.8, 4) is 0 Å². The number of aryl methyl sites for hydroxylation is 1. The van der Waals surface area contributed by atoms with Gasteiger partial charge in [0.05, 0.1) is 0 Å². The molecule has 0 bridgehead atoms. The summed E-state index contributed by atoms with van der Waals surface area (Å²) in [6.45, 7) is 6.93. The Morgan fingerprint density at radius 1 is 1.36 bits per heavy atom. The number of hydrogen-bond donors (Lipinski definition) is 3. The summed E-state index contributed by atoms with van der Waals surface area (Å²) in [7, 11) is 1.91. The first-order valence-electron chi connectivity index (χ1n) is 8.73. The van der Waals surface area contributed by atoms with Crippen molar-refractivity contribution in [1.82, 2.24) is 25.4 Å². The summed E-state index contributed by atoms with van der Waals surface area (Å²) in [6, 6.07) is 10.2. The lowest BCUT2D eigenvalue weighted by Crippen LogP contribution is -2.39. The van der Waals surface area contributed by atoms with Crippen molar-refractivity contribution in [2.45, 2.75) is 19.6 Å². The van der Waals surface area contributed by atoms with E-state index in [4.69, 9.17) is 0 Å². The molecule has 3 rings (SSSR count). The van der Waals surface area contributed by atoms with E-state index in [0.29, 0.717) is 25.6 Å². The van der Waals surface area contributed by atoms with Gasteiger partial charge in [-0.1, -0.05) is 24.3 Å². The topological polar surface area (TPSA) is 87.4 Å². The Morgan fingerprint density at radius 3 is 2.82 bits per heavy atom. The largest absolute Gasteiger partial charge is 0.386 e. The fourth-order valence-electron chi connectivity index (χ4n) is 2.54. The lowest BCUT2D eigenvalue weighted by Gasteiger charge is -2.14. The van der Waals surface area contributed by atoms with Crippen LogP contribution in [0.5, 0.6) is 0 Å². The molecule has 0 aliphatic rings. The maximum absolute atomic E-state index is 10.5. The SMILES string of the molecule is C=CCNC(=NCc1nnc(C)n1C)NCC(O)c1cc2ccccc2s1.I. The van der Waals surface area contributed by atoms with Crippen LogP contribution >= 0.6 is 35.3 Å². The summed E-state index contributed by atoms with van der Waals surface area (Å²) in [5, 5.41) is 26.2. The molecule has 7 nitrogen and oxygen atoms in total. The number of aliphatic hydroxyl groups excluding tert-OH is 1. The summed E-state index contributed by atoms with van der Waals surface area (Å²) in [6.07, 6.45) is 1.14. The van der Waals surface area contributed by atoms with E-state index in [1.165, 1.54) is 4.70 Å². The Bertz CT molecular complexity index is 918. The molecule has 3 aromatic rings. The van der Waals surface area contributed by atoms with E-state index in [-0.39, 0.29) is 24.0 Å². The highest BCUT2D eigenvalue weighted by Crippen LogP contribution is 2.29. The van der Waals surface area contributed by atoms with Crippen LogP contribution in [0.15, 0.2) is 48.0 Å². The second-order valence-corrected chi connectivity index (χ2v) is 7.26. The molecule has 0 saturated heterocycles. The van der Waals surface area contributed by atoms with Crippen LogP contribution in [0.1, 0.15) is 22.6 Å². The fourth-order valence-corrected chi connectivity index (χ4v) is 3.59. The van der Waals surface area contributed by atoms with Crippen LogP contribution in [0.3, 0.4) is 0 Å². The van der Waals surface area contributed by atoms with Gasteiger partial charge < -0.3 is 20.3 Å². The van der Waals surface area contributed by atoms with E-state index in [9.17, 15) is 5.11 Å². The number of aromatic nitrogens is 3. The molecule has 3 N–H and O–H groups in total. The quantitative estimate of drug-likeness (QED) is 0.196. The van der Waals surface area contributed by atoms with Crippen LogP contribution in [-0.4, -0.2) is 38.9 Å². The molecule has 0 radical (unpaired) electrons. The molecule has 0 spiro atoms. The lowest BCUT2D eigenvalue weighted by atomic mass is 10.2. The summed E-state index contributed by atoms with van der Waals surface area (Å²) >= 11 is 1.60. The molecule has 0 amide bonds. The standard InChI is InChI=1S/C19H24N6OS.HI/c1-4-9-20-19(22-12-18-24-23-13(2)25(18)3)21-11-15(26)17-10-14-7-5-6-8-16(14)27-17;/h4-8,10,15,26H,1,9,11-12H2,2-3H3,(H2,20,21,22);1H.